The quantitative estimate of drug-likeness (QED) is 0.374. The second kappa shape index (κ2) is 6.48. The number of benzene rings is 1. The van der Waals surface area contributed by atoms with Crippen molar-refractivity contribution in [2.24, 2.45) is 5.84 Å². The van der Waals surface area contributed by atoms with E-state index in [1.807, 2.05) is 24.3 Å². The van der Waals surface area contributed by atoms with Gasteiger partial charge in [-0.05, 0) is 11.1 Å². The van der Waals surface area contributed by atoms with Gasteiger partial charge in [0, 0.05) is 5.75 Å². The third-order valence-corrected chi connectivity index (χ3v) is 4.18. The van der Waals surface area contributed by atoms with Crippen LogP contribution in [0.2, 0.25) is 0 Å². The molecule has 2 aromatic rings. The molecule has 0 fully saturated rings. The third kappa shape index (κ3) is 3.80. The molecular formula is C11H12N4OS2. The van der Waals surface area contributed by atoms with Crippen LogP contribution in [-0.4, -0.2) is 16.1 Å². The van der Waals surface area contributed by atoms with Crippen LogP contribution in [0, 0.1) is 0 Å². The highest BCUT2D eigenvalue weighted by molar-refractivity contribution is 8.00. The average molecular weight is 280 g/mol. The van der Waals surface area contributed by atoms with Gasteiger partial charge in [-0.3, -0.25) is 10.2 Å². The Morgan fingerprint density at radius 3 is 2.67 bits per heavy atom. The Labute approximate surface area is 113 Å². The van der Waals surface area contributed by atoms with Gasteiger partial charge in [-0.1, -0.05) is 47.4 Å². The lowest BCUT2D eigenvalue weighted by Crippen LogP contribution is -2.31. The van der Waals surface area contributed by atoms with Crippen molar-refractivity contribution in [1.82, 2.24) is 15.6 Å². The number of carbonyl (C=O) groups excluding carboxylic acids is 1. The summed E-state index contributed by atoms with van der Waals surface area (Å²) in [4.78, 5) is 11.1. The fraction of sp³-hybridized carbons (Fsp3) is 0.182. The van der Waals surface area contributed by atoms with E-state index in [-0.39, 0.29) is 5.91 Å². The largest absolute Gasteiger partial charge is 0.294 e. The number of nitrogens with one attached hydrogen (secondary N) is 1. The number of nitrogens with zero attached hydrogens (tertiary/aromatic N) is 2. The van der Waals surface area contributed by atoms with Crippen LogP contribution in [0.25, 0.3) is 0 Å². The molecule has 0 saturated heterocycles. The molecule has 1 heterocycles. The Kier molecular flexibility index (Phi) is 4.68. The van der Waals surface area contributed by atoms with E-state index in [2.05, 4.69) is 15.6 Å². The summed E-state index contributed by atoms with van der Waals surface area (Å²) < 4.78 is 0.960. The monoisotopic (exact) mass is 280 g/mol. The van der Waals surface area contributed by atoms with Gasteiger partial charge < -0.3 is 0 Å². The first-order chi connectivity index (χ1) is 8.78. The van der Waals surface area contributed by atoms with E-state index in [1.165, 1.54) is 16.9 Å². The van der Waals surface area contributed by atoms with Crippen molar-refractivity contribution in [3.63, 3.8) is 0 Å². The summed E-state index contributed by atoms with van der Waals surface area (Å²) in [6.07, 6.45) is 0.306. The van der Waals surface area contributed by atoms with Crippen LogP contribution in [0.5, 0.6) is 0 Å². The summed E-state index contributed by atoms with van der Waals surface area (Å²) in [7, 11) is 0. The predicted molar refractivity (Wildman–Crippen MR) is 71.9 cm³/mol. The highest BCUT2D eigenvalue weighted by Gasteiger charge is 2.02. The maximum absolute atomic E-state index is 11.1. The van der Waals surface area contributed by atoms with Crippen molar-refractivity contribution in [3.8, 4) is 0 Å². The summed E-state index contributed by atoms with van der Waals surface area (Å²) in [6.45, 7) is 0. The molecule has 0 radical (unpaired) electrons. The second-order valence-corrected chi connectivity index (χ2v) is 5.61. The van der Waals surface area contributed by atoms with Gasteiger partial charge in [0.15, 0.2) is 4.34 Å². The van der Waals surface area contributed by atoms with Crippen LogP contribution in [0.3, 0.4) is 0 Å². The number of amides is 1. The molecule has 1 aromatic heterocycles. The summed E-state index contributed by atoms with van der Waals surface area (Å²) in [5.74, 6) is 5.69. The fourth-order valence-corrected chi connectivity index (χ4v) is 2.80. The maximum Gasteiger partial charge on any atom is 0.238 e. The molecule has 0 bridgehead atoms. The van der Waals surface area contributed by atoms with Crippen molar-refractivity contribution < 1.29 is 4.79 Å². The van der Waals surface area contributed by atoms with E-state index >= 15 is 0 Å². The molecule has 2 rings (SSSR count). The van der Waals surface area contributed by atoms with Crippen molar-refractivity contribution >= 4 is 29.0 Å². The number of thioether (sulfide) groups is 1. The summed E-state index contributed by atoms with van der Waals surface area (Å²) in [6, 6.07) is 7.89. The molecule has 1 amide bonds. The minimum absolute atomic E-state index is 0.189. The van der Waals surface area contributed by atoms with E-state index in [0.29, 0.717) is 6.42 Å². The van der Waals surface area contributed by atoms with Gasteiger partial charge in [-0.25, -0.2) is 5.84 Å². The molecule has 3 N–H and O–H groups in total. The maximum atomic E-state index is 11.1. The molecule has 5 nitrogen and oxygen atoms in total. The second-order valence-electron chi connectivity index (χ2n) is 3.55. The highest BCUT2D eigenvalue weighted by atomic mass is 32.2. The normalized spacial score (nSPS) is 10.3. The number of aromatic nitrogens is 2. The van der Waals surface area contributed by atoms with Gasteiger partial charge in [-0.15, -0.1) is 10.2 Å². The molecule has 1 aromatic carbocycles. The summed E-state index contributed by atoms with van der Waals surface area (Å²) in [5, 5.41) is 7.75. The van der Waals surface area contributed by atoms with Gasteiger partial charge in [0.25, 0.3) is 0 Å². The first-order valence-electron chi connectivity index (χ1n) is 5.24. The number of rotatable bonds is 5. The minimum Gasteiger partial charge on any atom is -0.294 e. The predicted octanol–water partition coefficient (Wildman–Crippen LogP) is 1.36. The average Bonchev–Trinajstić information content (AvgIpc) is 2.91. The van der Waals surface area contributed by atoms with Crippen molar-refractivity contribution in [2.45, 2.75) is 16.5 Å². The first-order valence-corrected chi connectivity index (χ1v) is 7.10. The van der Waals surface area contributed by atoms with E-state index < -0.39 is 0 Å². The smallest absolute Gasteiger partial charge is 0.238 e. The zero-order valence-corrected chi connectivity index (χ0v) is 11.1. The number of nitrogens with two attached hydrogens (primary N) is 1. The Balaban J connectivity index is 1.89. The molecular weight excluding hydrogens is 268 g/mol. The van der Waals surface area contributed by atoms with Crippen molar-refractivity contribution in [1.29, 1.82) is 0 Å². The molecule has 18 heavy (non-hydrogen) atoms. The zero-order chi connectivity index (χ0) is 12.8. The standard InChI is InChI=1S/C11H12N4OS2/c12-14-10(16)5-8-1-3-9(4-2-8)6-17-11-15-13-7-18-11/h1-4,7H,5-6,12H2,(H,14,16). The van der Waals surface area contributed by atoms with Gasteiger partial charge in [0.2, 0.25) is 5.91 Å². The van der Waals surface area contributed by atoms with Crippen LogP contribution < -0.4 is 11.3 Å². The third-order valence-electron chi connectivity index (χ3n) is 2.25. The number of hydrazine groups is 1. The fourth-order valence-electron chi connectivity index (χ4n) is 1.36. The molecule has 0 aliphatic rings. The number of hydrogen-bond donors (Lipinski definition) is 2. The van der Waals surface area contributed by atoms with Crippen molar-refractivity contribution in [3.05, 3.63) is 40.9 Å². The van der Waals surface area contributed by atoms with Crippen molar-refractivity contribution in [2.75, 3.05) is 0 Å². The Morgan fingerprint density at radius 1 is 1.33 bits per heavy atom. The van der Waals surface area contributed by atoms with Gasteiger partial charge >= 0.3 is 0 Å². The van der Waals surface area contributed by atoms with Crippen LogP contribution in [0.1, 0.15) is 11.1 Å². The molecule has 94 valence electrons. The summed E-state index contributed by atoms with van der Waals surface area (Å²) in [5.41, 5.74) is 5.97. The molecule has 0 saturated carbocycles. The topological polar surface area (TPSA) is 80.9 Å². The van der Waals surface area contributed by atoms with Gasteiger partial charge in [-0.2, -0.15) is 0 Å². The van der Waals surface area contributed by atoms with E-state index in [4.69, 9.17) is 5.84 Å². The Bertz CT molecular complexity index is 498. The Hall–Kier alpha value is -1.44. The molecule has 0 atom stereocenters. The van der Waals surface area contributed by atoms with Crippen LogP contribution in [0.15, 0.2) is 34.1 Å². The molecule has 0 spiro atoms. The molecule has 0 unspecified atom stereocenters. The van der Waals surface area contributed by atoms with Gasteiger partial charge in [0.1, 0.15) is 5.51 Å². The van der Waals surface area contributed by atoms with E-state index in [1.54, 1.807) is 17.3 Å². The first kappa shape index (κ1) is 13.0. The summed E-state index contributed by atoms with van der Waals surface area (Å²) >= 11 is 3.18. The minimum atomic E-state index is -0.189. The lowest BCUT2D eigenvalue weighted by Gasteiger charge is -2.02. The van der Waals surface area contributed by atoms with Crippen LogP contribution in [-0.2, 0) is 17.0 Å². The highest BCUT2D eigenvalue weighted by Crippen LogP contribution is 2.23. The van der Waals surface area contributed by atoms with Gasteiger partial charge in [0.05, 0.1) is 6.42 Å². The molecule has 0 aliphatic heterocycles. The SMILES string of the molecule is NNC(=O)Cc1ccc(CSc2nncs2)cc1. The molecule has 7 heteroatoms. The Morgan fingerprint density at radius 2 is 2.06 bits per heavy atom. The lowest BCUT2D eigenvalue weighted by atomic mass is 10.1. The van der Waals surface area contributed by atoms with Crippen LogP contribution in [0.4, 0.5) is 0 Å². The van der Waals surface area contributed by atoms with Crippen LogP contribution >= 0.6 is 23.1 Å². The lowest BCUT2D eigenvalue weighted by molar-refractivity contribution is -0.120. The molecule has 0 aliphatic carbocycles. The zero-order valence-electron chi connectivity index (χ0n) is 9.50. The van der Waals surface area contributed by atoms with E-state index in [0.717, 1.165) is 15.7 Å². The number of carbonyl (C=O) groups is 1. The number of hydrogen-bond acceptors (Lipinski definition) is 6. The van der Waals surface area contributed by atoms with E-state index in [9.17, 15) is 4.79 Å².